The summed E-state index contributed by atoms with van der Waals surface area (Å²) in [6, 6.07) is 1.94. The number of urea groups is 1. The molecule has 7 nitrogen and oxygen atoms in total. The van der Waals surface area contributed by atoms with Gasteiger partial charge in [0.15, 0.2) is 0 Å². The molecule has 2 amide bonds. The summed E-state index contributed by atoms with van der Waals surface area (Å²) in [5.74, 6) is 0.312. The monoisotopic (exact) mass is 346 g/mol. The Morgan fingerprint density at radius 2 is 1.92 bits per heavy atom. The van der Waals surface area contributed by atoms with E-state index in [-0.39, 0.29) is 6.03 Å². The van der Waals surface area contributed by atoms with Crippen LogP contribution in [0.1, 0.15) is 35.3 Å². The van der Waals surface area contributed by atoms with E-state index in [1.165, 1.54) is 5.56 Å². The van der Waals surface area contributed by atoms with Crippen LogP contribution in [0.3, 0.4) is 0 Å². The minimum atomic E-state index is -0.126. The number of nitrogens with zero attached hydrogens (tertiary/aromatic N) is 4. The van der Waals surface area contributed by atoms with Crippen molar-refractivity contribution in [1.82, 2.24) is 30.2 Å². The highest BCUT2D eigenvalue weighted by Crippen LogP contribution is 2.11. The Labute approximate surface area is 149 Å². The van der Waals surface area contributed by atoms with Crippen molar-refractivity contribution >= 4 is 6.03 Å². The fourth-order valence-corrected chi connectivity index (χ4v) is 3.03. The van der Waals surface area contributed by atoms with Crippen LogP contribution in [-0.4, -0.2) is 38.7 Å². The van der Waals surface area contributed by atoms with Gasteiger partial charge in [0, 0.05) is 38.1 Å². The summed E-state index contributed by atoms with van der Waals surface area (Å²) in [7, 11) is 1.94. The quantitative estimate of drug-likeness (QED) is 0.805. The number of rotatable bonds is 7. The summed E-state index contributed by atoms with van der Waals surface area (Å²) in [6.45, 7) is 12.2. The van der Waals surface area contributed by atoms with E-state index < -0.39 is 0 Å². The van der Waals surface area contributed by atoms with Gasteiger partial charge in [0.05, 0.1) is 11.4 Å². The summed E-state index contributed by atoms with van der Waals surface area (Å²) in [5.41, 5.74) is 5.56. The molecule has 2 heterocycles. The Bertz CT molecular complexity index is 730. The number of hydrogen-bond donors (Lipinski definition) is 2. The maximum Gasteiger partial charge on any atom is 0.314 e. The molecule has 138 valence electrons. The number of carbonyl (C=O) groups is 1. The van der Waals surface area contributed by atoms with E-state index in [1.807, 2.05) is 30.3 Å². The summed E-state index contributed by atoms with van der Waals surface area (Å²) < 4.78 is 3.87. The van der Waals surface area contributed by atoms with E-state index in [0.717, 1.165) is 35.7 Å². The molecule has 0 fully saturated rings. The fraction of sp³-hybridized carbons (Fsp3) is 0.611. The predicted molar refractivity (Wildman–Crippen MR) is 98.7 cm³/mol. The summed E-state index contributed by atoms with van der Waals surface area (Å²) in [6.07, 6.45) is 0.792. The Hall–Kier alpha value is -2.31. The van der Waals surface area contributed by atoms with Gasteiger partial charge in [0.25, 0.3) is 0 Å². The first-order valence-corrected chi connectivity index (χ1v) is 8.79. The van der Waals surface area contributed by atoms with Crippen molar-refractivity contribution in [3.8, 4) is 0 Å². The second-order valence-corrected chi connectivity index (χ2v) is 6.87. The molecular formula is C18H30N6O. The lowest BCUT2D eigenvalue weighted by Crippen LogP contribution is -2.39. The van der Waals surface area contributed by atoms with Crippen molar-refractivity contribution in [2.75, 3.05) is 13.1 Å². The Morgan fingerprint density at radius 1 is 1.20 bits per heavy atom. The van der Waals surface area contributed by atoms with Gasteiger partial charge in [0.2, 0.25) is 0 Å². The average Bonchev–Trinajstić information content (AvgIpc) is 2.97. The molecule has 25 heavy (non-hydrogen) atoms. The first-order chi connectivity index (χ1) is 11.8. The normalized spacial score (nSPS) is 12.2. The lowest BCUT2D eigenvalue weighted by molar-refractivity contribution is 0.238. The van der Waals surface area contributed by atoms with Gasteiger partial charge in [-0.1, -0.05) is 6.92 Å². The second-order valence-electron chi connectivity index (χ2n) is 6.87. The zero-order chi connectivity index (χ0) is 18.6. The Morgan fingerprint density at radius 3 is 2.48 bits per heavy atom. The molecule has 1 unspecified atom stereocenters. The molecular weight excluding hydrogens is 316 g/mol. The van der Waals surface area contributed by atoms with Gasteiger partial charge in [-0.3, -0.25) is 9.36 Å². The van der Waals surface area contributed by atoms with E-state index >= 15 is 0 Å². The molecule has 0 radical (unpaired) electrons. The highest BCUT2D eigenvalue weighted by atomic mass is 16.2. The van der Waals surface area contributed by atoms with Gasteiger partial charge >= 0.3 is 6.03 Å². The van der Waals surface area contributed by atoms with Gasteiger partial charge < -0.3 is 10.6 Å². The molecule has 2 aromatic rings. The van der Waals surface area contributed by atoms with Crippen LogP contribution in [0.15, 0.2) is 6.07 Å². The van der Waals surface area contributed by atoms with E-state index in [1.54, 1.807) is 0 Å². The molecule has 0 aliphatic heterocycles. The highest BCUT2D eigenvalue weighted by molar-refractivity contribution is 5.73. The molecule has 2 aromatic heterocycles. The van der Waals surface area contributed by atoms with Gasteiger partial charge in [-0.2, -0.15) is 10.2 Å². The molecule has 0 bridgehead atoms. The Kier molecular flexibility index (Phi) is 6.22. The predicted octanol–water partition coefficient (Wildman–Crippen LogP) is 2.03. The first-order valence-electron chi connectivity index (χ1n) is 8.79. The third-order valence-corrected chi connectivity index (χ3v) is 4.52. The number of aryl methyl sites for hydroxylation is 4. The Balaban J connectivity index is 1.70. The number of hydrogen-bond acceptors (Lipinski definition) is 3. The lowest BCUT2D eigenvalue weighted by atomic mass is 10.1. The largest absolute Gasteiger partial charge is 0.338 e. The summed E-state index contributed by atoms with van der Waals surface area (Å²) in [4.78, 5) is 12.0. The molecule has 0 saturated heterocycles. The number of aromatic nitrogens is 4. The molecule has 2 rings (SSSR count). The van der Waals surface area contributed by atoms with Crippen LogP contribution in [-0.2, 0) is 20.0 Å². The van der Waals surface area contributed by atoms with Crippen molar-refractivity contribution in [2.24, 2.45) is 13.0 Å². The lowest BCUT2D eigenvalue weighted by Gasteiger charge is -2.14. The van der Waals surface area contributed by atoms with Crippen LogP contribution in [0, 0.1) is 33.6 Å². The topological polar surface area (TPSA) is 76.8 Å². The van der Waals surface area contributed by atoms with E-state index in [9.17, 15) is 4.79 Å². The smallest absolute Gasteiger partial charge is 0.314 e. The molecule has 7 heteroatoms. The zero-order valence-corrected chi connectivity index (χ0v) is 16.2. The second kappa shape index (κ2) is 8.18. The molecule has 1 atom stereocenters. The fourth-order valence-electron chi connectivity index (χ4n) is 3.03. The molecule has 2 N–H and O–H groups in total. The van der Waals surface area contributed by atoms with Crippen molar-refractivity contribution in [1.29, 1.82) is 0 Å². The maximum absolute atomic E-state index is 12.0. The highest BCUT2D eigenvalue weighted by Gasteiger charge is 2.11. The zero-order valence-electron chi connectivity index (χ0n) is 16.2. The SMILES string of the molecule is Cc1cc(C)n(CC(C)CNC(=O)NCCc2c(C)nn(C)c2C)n1. The standard InChI is InChI=1S/C18H30N6O/c1-12(11-24-14(3)9-13(2)21-24)10-20-18(25)19-8-7-17-15(4)22-23(6)16(17)5/h9,12H,7-8,10-11H2,1-6H3,(H2,19,20,25). The molecule has 0 spiro atoms. The van der Waals surface area contributed by atoms with Crippen LogP contribution in [0.4, 0.5) is 4.79 Å². The van der Waals surface area contributed by atoms with Crippen molar-refractivity contribution < 1.29 is 4.79 Å². The van der Waals surface area contributed by atoms with E-state index in [4.69, 9.17) is 0 Å². The van der Waals surface area contributed by atoms with Crippen LogP contribution >= 0.6 is 0 Å². The van der Waals surface area contributed by atoms with Crippen LogP contribution in [0.25, 0.3) is 0 Å². The van der Waals surface area contributed by atoms with Crippen LogP contribution in [0.5, 0.6) is 0 Å². The van der Waals surface area contributed by atoms with Crippen molar-refractivity contribution in [2.45, 2.75) is 47.6 Å². The van der Waals surface area contributed by atoms with Gasteiger partial charge in [-0.05, 0) is 51.7 Å². The number of amides is 2. The maximum atomic E-state index is 12.0. The van der Waals surface area contributed by atoms with Crippen molar-refractivity contribution in [3.05, 3.63) is 34.4 Å². The van der Waals surface area contributed by atoms with Crippen LogP contribution < -0.4 is 10.6 Å². The first kappa shape index (κ1) is 19.0. The van der Waals surface area contributed by atoms with Crippen molar-refractivity contribution in [3.63, 3.8) is 0 Å². The minimum Gasteiger partial charge on any atom is -0.338 e. The van der Waals surface area contributed by atoms with Gasteiger partial charge in [-0.25, -0.2) is 4.79 Å². The number of carbonyl (C=O) groups excluding carboxylic acids is 1. The van der Waals surface area contributed by atoms with E-state index in [0.29, 0.717) is 19.0 Å². The third kappa shape index (κ3) is 5.08. The number of nitrogens with one attached hydrogen (secondary N) is 2. The molecule has 0 aliphatic rings. The van der Waals surface area contributed by atoms with Gasteiger partial charge in [0.1, 0.15) is 0 Å². The average molecular weight is 346 g/mol. The van der Waals surface area contributed by atoms with E-state index in [2.05, 4.69) is 47.7 Å². The summed E-state index contributed by atoms with van der Waals surface area (Å²) >= 11 is 0. The molecule has 0 saturated carbocycles. The van der Waals surface area contributed by atoms with Crippen LogP contribution in [0.2, 0.25) is 0 Å². The minimum absolute atomic E-state index is 0.126. The third-order valence-electron chi connectivity index (χ3n) is 4.52. The molecule has 0 aliphatic carbocycles. The summed E-state index contributed by atoms with van der Waals surface area (Å²) in [5, 5.41) is 14.7. The van der Waals surface area contributed by atoms with Gasteiger partial charge in [-0.15, -0.1) is 0 Å². The molecule has 0 aromatic carbocycles.